The molecule has 0 aliphatic rings. The number of hydrogen-bond donors (Lipinski definition) is 0. The maximum Gasteiger partial charge on any atom is 0.226 e. The summed E-state index contributed by atoms with van der Waals surface area (Å²) in [5, 5.41) is 3.90. The number of aryl methyl sites for hydroxylation is 1. The van der Waals surface area contributed by atoms with Crippen molar-refractivity contribution in [2.45, 2.75) is 52.6 Å². The van der Waals surface area contributed by atoms with E-state index in [1.807, 2.05) is 12.1 Å². The molecule has 0 saturated heterocycles. The molecule has 0 bridgehead atoms. The van der Waals surface area contributed by atoms with E-state index < -0.39 is 0 Å². The lowest BCUT2D eigenvalue weighted by Crippen LogP contribution is -2.10. The van der Waals surface area contributed by atoms with Crippen LogP contribution in [0, 0.1) is 0 Å². The summed E-state index contributed by atoms with van der Waals surface area (Å²) in [6, 6.07) is 8.14. The fourth-order valence-corrected chi connectivity index (χ4v) is 1.86. The van der Waals surface area contributed by atoms with Crippen LogP contribution in [-0.2, 0) is 18.4 Å². The van der Waals surface area contributed by atoms with Crippen LogP contribution in [0.15, 0.2) is 28.8 Å². The quantitative estimate of drug-likeness (QED) is 0.829. The van der Waals surface area contributed by atoms with Crippen LogP contribution in [0.2, 0.25) is 0 Å². The molecular formula is C16H22N2O2. The second kappa shape index (κ2) is 6.07. The third kappa shape index (κ3) is 3.83. The molecule has 0 aliphatic heterocycles. The Labute approximate surface area is 120 Å². The van der Waals surface area contributed by atoms with Crippen molar-refractivity contribution in [3.63, 3.8) is 0 Å². The van der Waals surface area contributed by atoms with Gasteiger partial charge < -0.3 is 9.26 Å². The molecule has 0 unspecified atom stereocenters. The van der Waals surface area contributed by atoms with Gasteiger partial charge in [0.1, 0.15) is 5.75 Å². The van der Waals surface area contributed by atoms with Gasteiger partial charge in [-0.3, -0.25) is 0 Å². The predicted molar refractivity (Wildman–Crippen MR) is 77.8 cm³/mol. The molecule has 0 fully saturated rings. The number of nitrogens with zero attached hydrogens (tertiary/aromatic N) is 2. The van der Waals surface area contributed by atoms with E-state index in [0.29, 0.717) is 18.3 Å². The summed E-state index contributed by atoms with van der Waals surface area (Å²) in [4.78, 5) is 4.27. The van der Waals surface area contributed by atoms with Crippen molar-refractivity contribution < 1.29 is 9.26 Å². The van der Waals surface area contributed by atoms with Crippen LogP contribution in [-0.4, -0.2) is 10.1 Å². The van der Waals surface area contributed by atoms with Crippen LogP contribution in [0.25, 0.3) is 0 Å². The van der Waals surface area contributed by atoms with Crippen LogP contribution in [0.3, 0.4) is 0 Å². The molecule has 0 radical (unpaired) electrons. The highest BCUT2D eigenvalue weighted by atomic mass is 16.5. The monoisotopic (exact) mass is 274 g/mol. The lowest BCUT2D eigenvalue weighted by Gasteiger charge is -2.19. The first-order valence-corrected chi connectivity index (χ1v) is 7.04. The van der Waals surface area contributed by atoms with E-state index in [1.54, 1.807) is 0 Å². The highest BCUT2D eigenvalue weighted by Crippen LogP contribution is 2.24. The van der Waals surface area contributed by atoms with Crippen molar-refractivity contribution in [1.82, 2.24) is 10.1 Å². The molecule has 2 aromatic rings. The zero-order valence-corrected chi connectivity index (χ0v) is 12.6. The van der Waals surface area contributed by atoms with E-state index in [9.17, 15) is 0 Å². The summed E-state index contributed by atoms with van der Waals surface area (Å²) < 4.78 is 10.8. The largest absolute Gasteiger partial charge is 0.485 e. The Morgan fingerprint density at radius 2 is 1.85 bits per heavy atom. The Bertz CT molecular complexity index is 538. The van der Waals surface area contributed by atoms with Gasteiger partial charge in [-0.15, -0.1) is 0 Å². The molecular weight excluding hydrogens is 252 g/mol. The zero-order valence-electron chi connectivity index (χ0n) is 12.6. The molecule has 4 nitrogen and oxygen atoms in total. The van der Waals surface area contributed by atoms with Gasteiger partial charge in [0.25, 0.3) is 0 Å². The van der Waals surface area contributed by atoms with Gasteiger partial charge in [-0.05, 0) is 29.5 Å². The Morgan fingerprint density at radius 3 is 2.45 bits per heavy atom. The minimum atomic E-state index is 0.154. The van der Waals surface area contributed by atoms with E-state index in [1.165, 1.54) is 5.56 Å². The van der Waals surface area contributed by atoms with E-state index in [4.69, 9.17) is 9.26 Å². The van der Waals surface area contributed by atoms with Crippen molar-refractivity contribution in [1.29, 1.82) is 0 Å². The molecule has 0 spiro atoms. The summed E-state index contributed by atoms with van der Waals surface area (Å²) in [7, 11) is 0. The second-order valence-electron chi connectivity index (χ2n) is 5.92. The number of hydrogen-bond acceptors (Lipinski definition) is 4. The third-order valence-electron chi connectivity index (χ3n) is 3.06. The van der Waals surface area contributed by atoms with Gasteiger partial charge in [-0.2, -0.15) is 4.98 Å². The van der Waals surface area contributed by atoms with Gasteiger partial charge in [-0.1, -0.05) is 45.0 Å². The number of benzene rings is 1. The molecule has 108 valence electrons. The first kappa shape index (κ1) is 14.6. The third-order valence-corrected chi connectivity index (χ3v) is 3.06. The summed E-state index contributed by atoms with van der Waals surface area (Å²) in [5.74, 6) is 2.09. The van der Waals surface area contributed by atoms with E-state index in [-0.39, 0.29) is 5.41 Å². The number of rotatable bonds is 5. The average Bonchev–Trinajstić information content (AvgIpc) is 2.84. The smallest absolute Gasteiger partial charge is 0.226 e. The highest BCUT2D eigenvalue weighted by Gasteiger charge is 2.13. The molecule has 4 heteroatoms. The van der Waals surface area contributed by atoms with Crippen molar-refractivity contribution in [2.75, 3.05) is 0 Å². The van der Waals surface area contributed by atoms with Crippen LogP contribution in [0.1, 0.15) is 51.4 Å². The zero-order chi connectivity index (χ0) is 14.6. The summed E-state index contributed by atoms with van der Waals surface area (Å²) in [5.41, 5.74) is 1.44. The van der Waals surface area contributed by atoms with Crippen LogP contribution >= 0.6 is 0 Å². The van der Waals surface area contributed by atoms with Crippen molar-refractivity contribution in [2.24, 2.45) is 0 Å². The molecule has 1 aromatic heterocycles. The Kier molecular flexibility index (Phi) is 4.42. The lowest BCUT2D eigenvalue weighted by atomic mass is 9.87. The van der Waals surface area contributed by atoms with Crippen molar-refractivity contribution in [3.05, 3.63) is 41.5 Å². The van der Waals surface area contributed by atoms with E-state index in [2.05, 4.69) is 50.0 Å². The molecule has 0 saturated carbocycles. The van der Waals surface area contributed by atoms with Gasteiger partial charge in [-0.25, -0.2) is 0 Å². The lowest BCUT2D eigenvalue weighted by molar-refractivity contribution is 0.285. The van der Waals surface area contributed by atoms with E-state index >= 15 is 0 Å². The molecule has 0 amide bonds. The first-order valence-electron chi connectivity index (χ1n) is 7.04. The molecule has 20 heavy (non-hydrogen) atoms. The van der Waals surface area contributed by atoms with Crippen molar-refractivity contribution >= 4 is 0 Å². The second-order valence-corrected chi connectivity index (χ2v) is 5.92. The van der Waals surface area contributed by atoms with Gasteiger partial charge >= 0.3 is 0 Å². The maximum absolute atomic E-state index is 5.67. The normalized spacial score (nSPS) is 11.6. The van der Waals surface area contributed by atoms with Gasteiger partial charge in [0.05, 0.1) is 0 Å². The fraction of sp³-hybridized carbons (Fsp3) is 0.500. The standard InChI is InChI=1S/C16H22N2O2/c1-5-6-15-17-14(18-20-15)11-19-13-9-7-12(8-10-13)16(2,3)4/h7-10H,5-6,11H2,1-4H3. The van der Waals surface area contributed by atoms with Crippen molar-refractivity contribution in [3.8, 4) is 5.75 Å². The summed E-state index contributed by atoms with van der Waals surface area (Å²) >= 11 is 0. The minimum absolute atomic E-state index is 0.154. The van der Waals surface area contributed by atoms with Gasteiger partial charge in [0.2, 0.25) is 11.7 Å². The van der Waals surface area contributed by atoms with E-state index in [0.717, 1.165) is 18.6 Å². The van der Waals surface area contributed by atoms with Gasteiger partial charge in [0, 0.05) is 6.42 Å². The summed E-state index contributed by atoms with van der Waals surface area (Å²) in [6.45, 7) is 8.99. The fourth-order valence-electron chi connectivity index (χ4n) is 1.86. The van der Waals surface area contributed by atoms with Crippen LogP contribution in [0.5, 0.6) is 5.75 Å². The predicted octanol–water partition coefficient (Wildman–Crippen LogP) is 3.90. The Hall–Kier alpha value is -1.84. The average molecular weight is 274 g/mol. The molecule has 1 aromatic carbocycles. The number of ether oxygens (including phenoxy) is 1. The molecule has 1 heterocycles. The SMILES string of the molecule is CCCc1nc(COc2ccc(C(C)(C)C)cc2)no1. The topological polar surface area (TPSA) is 48.2 Å². The Morgan fingerprint density at radius 1 is 1.15 bits per heavy atom. The molecule has 0 N–H and O–H groups in total. The number of aromatic nitrogens is 2. The molecule has 0 aliphatic carbocycles. The first-order chi connectivity index (χ1) is 9.49. The van der Waals surface area contributed by atoms with Crippen LogP contribution in [0.4, 0.5) is 0 Å². The molecule has 2 rings (SSSR count). The maximum atomic E-state index is 5.67. The summed E-state index contributed by atoms with van der Waals surface area (Å²) in [6.07, 6.45) is 1.81. The Balaban J connectivity index is 1.93. The highest BCUT2D eigenvalue weighted by molar-refractivity contribution is 5.31. The van der Waals surface area contributed by atoms with Gasteiger partial charge in [0.15, 0.2) is 6.61 Å². The van der Waals surface area contributed by atoms with Crippen LogP contribution < -0.4 is 4.74 Å². The minimum Gasteiger partial charge on any atom is -0.485 e. The molecule has 0 atom stereocenters.